The van der Waals surface area contributed by atoms with E-state index in [9.17, 15) is 5.11 Å². The van der Waals surface area contributed by atoms with Crippen molar-refractivity contribution in [3.05, 3.63) is 18.2 Å². The summed E-state index contributed by atoms with van der Waals surface area (Å²) < 4.78 is 4.99. The van der Waals surface area contributed by atoms with Crippen LogP contribution in [-0.2, 0) is 0 Å². The molecular weight excluding hydrogens is 214 g/mol. The van der Waals surface area contributed by atoms with Crippen LogP contribution in [0.3, 0.4) is 0 Å². The smallest absolute Gasteiger partial charge is 0.160 e. The average molecular weight is 237 g/mol. The van der Waals surface area contributed by atoms with Crippen LogP contribution >= 0.6 is 0 Å². The van der Waals surface area contributed by atoms with Gasteiger partial charge < -0.3 is 15.2 Å². The number of anilines is 1. The van der Waals surface area contributed by atoms with Gasteiger partial charge in [0.15, 0.2) is 11.5 Å². The molecule has 0 unspecified atom stereocenters. The molecule has 3 heteroatoms. The Kier molecular flexibility index (Phi) is 6.30. The predicted molar refractivity (Wildman–Crippen MR) is 71.9 cm³/mol. The van der Waals surface area contributed by atoms with Gasteiger partial charge in [-0.3, -0.25) is 0 Å². The van der Waals surface area contributed by atoms with E-state index >= 15 is 0 Å². The SMILES string of the molecule is CCCCCCCNc1ccc(OC)c(O)c1. The van der Waals surface area contributed by atoms with Gasteiger partial charge in [-0.25, -0.2) is 0 Å². The van der Waals surface area contributed by atoms with Crippen molar-refractivity contribution < 1.29 is 9.84 Å². The van der Waals surface area contributed by atoms with Gasteiger partial charge in [-0.05, 0) is 18.6 Å². The van der Waals surface area contributed by atoms with Crippen LogP contribution in [0.4, 0.5) is 5.69 Å². The van der Waals surface area contributed by atoms with Gasteiger partial charge in [0, 0.05) is 18.3 Å². The van der Waals surface area contributed by atoms with E-state index in [0.717, 1.165) is 12.2 Å². The third-order valence-electron chi connectivity index (χ3n) is 2.79. The number of hydrogen-bond donors (Lipinski definition) is 2. The van der Waals surface area contributed by atoms with Gasteiger partial charge in [0.2, 0.25) is 0 Å². The zero-order chi connectivity index (χ0) is 12.5. The lowest BCUT2D eigenvalue weighted by molar-refractivity contribution is 0.373. The van der Waals surface area contributed by atoms with E-state index in [2.05, 4.69) is 12.2 Å². The Labute approximate surface area is 104 Å². The van der Waals surface area contributed by atoms with Gasteiger partial charge in [-0.15, -0.1) is 0 Å². The topological polar surface area (TPSA) is 41.5 Å². The molecule has 0 aromatic heterocycles. The van der Waals surface area contributed by atoms with E-state index in [0.29, 0.717) is 5.75 Å². The summed E-state index contributed by atoms with van der Waals surface area (Å²) in [6.45, 7) is 3.17. The molecule has 0 aliphatic heterocycles. The standard InChI is InChI=1S/C14H23NO2/c1-3-4-5-6-7-10-15-12-8-9-14(17-2)13(16)11-12/h8-9,11,15-16H,3-7,10H2,1-2H3. The van der Waals surface area contributed by atoms with E-state index in [-0.39, 0.29) is 5.75 Å². The van der Waals surface area contributed by atoms with Crippen molar-refractivity contribution in [1.82, 2.24) is 0 Å². The van der Waals surface area contributed by atoms with Gasteiger partial charge >= 0.3 is 0 Å². The van der Waals surface area contributed by atoms with Gasteiger partial charge in [0.05, 0.1) is 7.11 Å². The number of phenols is 1. The molecule has 1 rings (SSSR count). The van der Waals surface area contributed by atoms with Gasteiger partial charge in [-0.2, -0.15) is 0 Å². The molecule has 1 aromatic rings. The highest BCUT2D eigenvalue weighted by molar-refractivity contribution is 5.53. The third-order valence-corrected chi connectivity index (χ3v) is 2.79. The largest absolute Gasteiger partial charge is 0.504 e. The molecule has 0 spiro atoms. The van der Waals surface area contributed by atoms with Crippen LogP contribution in [0.25, 0.3) is 0 Å². The maximum Gasteiger partial charge on any atom is 0.160 e. The van der Waals surface area contributed by atoms with Crippen molar-refractivity contribution in [2.75, 3.05) is 19.0 Å². The summed E-state index contributed by atoms with van der Waals surface area (Å²) >= 11 is 0. The molecule has 0 amide bonds. The monoisotopic (exact) mass is 237 g/mol. The van der Waals surface area contributed by atoms with Crippen molar-refractivity contribution in [2.24, 2.45) is 0 Å². The summed E-state index contributed by atoms with van der Waals surface area (Å²) in [6.07, 6.45) is 6.35. The van der Waals surface area contributed by atoms with E-state index in [1.54, 1.807) is 19.2 Å². The van der Waals surface area contributed by atoms with Gasteiger partial charge in [0.1, 0.15) is 0 Å². The fraction of sp³-hybridized carbons (Fsp3) is 0.571. The predicted octanol–water partition coefficient (Wildman–Crippen LogP) is 3.78. The number of phenolic OH excluding ortho intramolecular Hbond substituents is 1. The maximum atomic E-state index is 9.60. The highest BCUT2D eigenvalue weighted by Gasteiger charge is 2.01. The Morgan fingerprint density at radius 1 is 1.18 bits per heavy atom. The second-order valence-corrected chi connectivity index (χ2v) is 4.23. The van der Waals surface area contributed by atoms with Crippen LogP contribution in [0.1, 0.15) is 39.0 Å². The summed E-state index contributed by atoms with van der Waals surface area (Å²) in [4.78, 5) is 0. The molecule has 0 fully saturated rings. The van der Waals surface area contributed by atoms with Crippen LogP contribution in [-0.4, -0.2) is 18.8 Å². The summed E-state index contributed by atoms with van der Waals surface area (Å²) in [5.74, 6) is 0.696. The van der Waals surface area contributed by atoms with Crippen LogP contribution in [0, 0.1) is 0 Å². The van der Waals surface area contributed by atoms with E-state index < -0.39 is 0 Å². The first kappa shape index (κ1) is 13.7. The van der Waals surface area contributed by atoms with Crippen LogP contribution in [0.15, 0.2) is 18.2 Å². The van der Waals surface area contributed by atoms with Crippen LogP contribution in [0.5, 0.6) is 11.5 Å². The summed E-state index contributed by atoms with van der Waals surface area (Å²) in [7, 11) is 1.55. The van der Waals surface area contributed by atoms with Gasteiger partial charge in [-0.1, -0.05) is 32.6 Å². The number of methoxy groups -OCH3 is 1. The summed E-state index contributed by atoms with van der Waals surface area (Å²) in [6, 6.07) is 5.39. The molecule has 0 aliphatic carbocycles. The van der Waals surface area contributed by atoms with Crippen molar-refractivity contribution in [3.63, 3.8) is 0 Å². The zero-order valence-electron chi connectivity index (χ0n) is 10.8. The quantitative estimate of drug-likeness (QED) is 0.676. The van der Waals surface area contributed by atoms with E-state index in [1.165, 1.54) is 32.1 Å². The lowest BCUT2D eigenvalue weighted by Gasteiger charge is -2.08. The van der Waals surface area contributed by atoms with Crippen molar-refractivity contribution >= 4 is 5.69 Å². The second kappa shape index (κ2) is 7.82. The van der Waals surface area contributed by atoms with Gasteiger partial charge in [0.25, 0.3) is 0 Å². The number of hydrogen-bond acceptors (Lipinski definition) is 3. The Morgan fingerprint density at radius 2 is 1.94 bits per heavy atom. The van der Waals surface area contributed by atoms with E-state index in [4.69, 9.17) is 4.74 Å². The molecule has 1 aromatic carbocycles. The highest BCUT2D eigenvalue weighted by atomic mass is 16.5. The zero-order valence-corrected chi connectivity index (χ0v) is 10.8. The Morgan fingerprint density at radius 3 is 2.59 bits per heavy atom. The minimum atomic E-state index is 0.184. The molecule has 0 radical (unpaired) electrons. The van der Waals surface area contributed by atoms with Crippen molar-refractivity contribution in [1.29, 1.82) is 0 Å². The molecule has 0 heterocycles. The summed E-state index contributed by atoms with van der Waals surface area (Å²) in [5.41, 5.74) is 0.943. The molecule has 96 valence electrons. The summed E-state index contributed by atoms with van der Waals surface area (Å²) in [5, 5.41) is 12.9. The number of benzene rings is 1. The Hall–Kier alpha value is -1.38. The molecule has 0 bridgehead atoms. The third kappa shape index (κ3) is 4.98. The fourth-order valence-electron chi connectivity index (χ4n) is 1.76. The molecule has 2 N–H and O–H groups in total. The first-order valence-electron chi connectivity index (χ1n) is 6.38. The Bertz CT molecular complexity index is 326. The van der Waals surface area contributed by atoms with E-state index in [1.807, 2.05) is 6.07 Å². The first-order valence-corrected chi connectivity index (χ1v) is 6.38. The molecule has 17 heavy (non-hydrogen) atoms. The molecule has 3 nitrogen and oxygen atoms in total. The lowest BCUT2D eigenvalue weighted by Crippen LogP contribution is -2.01. The number of unbranched alkanes of at least 4 members (excludes halogenated alkanes) is 4. The normalized spacial score (nSPS) is 10.2. The molecule has 0 aliphatic rings. The number of rotatable bonds is 8. The fourth-order valence-corrected chi connectivity index (χ4v) is 1.76. The Balaban J connectivity index is 2.25. The molecular formula is C14H23NO2. The maximum absolute atomic E-state index is 9.60. The molecule has 0 atom stereocenters. The second-order valence-electron chi connectivity index (χ2n) is 4.23. The van der Waals surface area contributed by atoms with Crippen molar-refractivity contribution in [3.8, 4) is 11.5 Å². The molecule has 0 saturated heterocycles. The number of nitrogens with one attached hydrogen (secondary N) is 1. The van der Waals surface area contributed by atoms with Crippen molar-refractivity contribution in [2.45, 2.75) is 39.0 Å². The highest BCUT2D eigenvalue weighted by Crippen LogP contribution is 2.28. The first-order chi connectivity index (χ1) is 8.27. The van der Waals surface area contributed by atoms with Crippen LogP contribution < -0.4 is 10.1 Å². The minimum absolute atomic E-state index is 0.184. The average Bonchev–Trinajstić information content (AvgIpc) is 2.34. The lowest BCUT2D eigenvalue weighted by atomic mass is 10.1. The number of aromatic hydroxyl groups is 1. The number of ether oxygens (including phenoxy) is 1. The van der Waals surface area contributed by atoms with Crippen LogP contribution in [0.2, 0.25) is 0 Å². The minimum Gasteiger partial charge on any atom is -0.504 e. The molecule has 0 saturated carbocycles.